The summed E-state index contributed by atoms with van der Waals surface area (Å²) in [5.41, 5.74) is 0. The van der Waals surface area contributed by atoms with E-state index in [0.29, 0.717) is 6.17 Å². The van der Waals surface area contributed by atoms with E-state index in [9.17, 15) is 0 Å². The van der Waals surface area contributed by atoms with Crippen LogP contribution in [0.5, 0.6) is 0 Å². The maximum Gasteiger partial charge on any atom is 0.111 e. The van der Waals surface area contributed by atoms with Crippen LogP contribution in [0.4, 0.5) is 0 Å². The number of rotatable bonds is 1. The molecular formula is C8H14N4. The third kappa shape index (κ3) is 1.70. The average Bonchev–Trinajstić information content (AvgIpc) is 2.21. The molecule has 1 saturated heterocycles. The second kappa shape index (κ2) is 3.78. The van der Waals surface area contributed by atoms with Crippen LogP contribution in [0.3, 0.4) is 0 Å². The molecule has 1 unspecified atom stereocenters. The van der Waals surface area contributed by atoms with Crippen LogP contribution >= 0.6 is 0 Å². The van der Waals surface area contributed by atoms with Crippen molar-refractivity contribution in [1.82, 2.24) is 10.2 Å². The molecule has 4 heteroatoms. The first-order valence-corrected chi connectivity index (χ1v) is 4.45. The Balaban J connectivity index is 1.90. The SMILES string of the molecule is C1=NC=NC(N2CCNCC2)C1. The molecule has 2 heterocycles. The van der Waals surface area contributed by atoms with Gasteiger partial charge in [0, 0.05) is 38.8 Å². The van der Waals surface area contributed by atoms with Gasteiger partial charge in [0.1, 0.15) is 12.5 Å². The van der Waals surface area contributed by atoms with Gasteiger partial charge in [-0.25, -0.2) is 4.99 Å². The van der Waals surface area contributed by atoms with Crippen molar-refractivity contribution in [1.29, 1.82) is 0 Å². The van der Waals surface area contributed by atoms with Crippen molar-refractivity contribution in [3.63, 3.8) is 0 Å². The molecule has 4 nitrogen and oxygen atoms in total. The van der Waals surface area contributed by atoms with E-state index >= 15 is 0 Å². The average molecular weight is 166 g/mol. The quantitative estimate of drug-likeness (QED) is 0.582. The highest BCUT2D eigenvalue weighted by Crippen LogP contribution is 2.07. The van der Waals surface area contributed by atoms with Gasteiger partial charge >= 0.3 is 0 Å². The van der Waals surface area contributed by atoms with Crippen molar-refractivity contribution in [2.75, 3.05) is 26.2 Å². The smallest absolute Gasteiger partial charge is 0.111 e. The van der Waals surface area contributed by atoms with Gasteiger partial charge in [-0.3, -0.25) is 9.89 Å². The second-order valence-electron chi connectivity index (χ2n) is 3.10. The third-order valence-corrected chi connectivity index (χ3v) is 2.30. The minimum absolute atomic E-state index is 0.351. The van der Waals surface area contributed by atoms with Crippen LogP contribution in [0.1, 0.15) is 6.42 Å². The number of hydrogen-bond acceptors (Lipinski definition) is 4. The Morgan fingerprint density at radius 1 is 1.33 bits per heavy atom. The summed E-state index contributed by atoms with van der Waals surface area (Å²) < 4.78 is 0. The van der Waals surface area contributed by atoms with Crippen molar-refractivity contribution in [3.05, 3.63) is 0 Å². The summed E-state index contributed by atoms with van der Waals surface area (Å²) in [6.45, 7) is 4.39. The topological polar surface area (TPSA) is 40.0 Å². The highest BCUT2D eigenvalue weighted by molar-refractivity contribution is 5.75. The minimum Gasteiger partial charge on any atom is -0.314 e. The predicted molar refractivity (Wildman–Crippen MR) is 49.8 cm³/mol. The molecule has 12 heavy (non-hydrogen) atoms. The first-order chi connectivity index (χ1) is 5.97. The standard InChI is InChI=1S/C8H14N4/c1-2-10-7-11-8(1)12-5-3-9-4-6-12/h2,7-9H,1,3-6H2. The first kappa shape index (κ1) is 7.89. The van der Waals surface area contributed by atoms with Crippen molar-refractivity contribution >= 4 is 12.6 Å². The molecule has 66 valence electrons. The summed E-state index contributed by atoms with van der Waals surface area (Å²) in [6, 6.07) is 0. The van der Waals surface area contributed by atoms with E-state index in [1.165, 1.54) is 0 Å². The lowest BCUT2D eigenvalue weighted by Gasteiger charge is -2.32. The first-order valence-electron chi connectivity index (χ1n) is 4.45. The lowest BCUT2D eigenvalue weighted by Crippen LogP contribution is -2.48. The summed E-state index contributed by atoms with van der Waals surface area (Å²) >= 11 is 0. The van der Waals surface area contributed by atoms with Gasteiger partial charge in [-0.15, -0.1) is 0 Å². The molecule has 2 aliphatic rings. The Morgan fingerprint density at radius 3 is 2.83 bits per heavy atom. The van der Waals surface area contributed by atoms with Crippen molar-refractivity contribution in [2.24, 2.45) is 9.98 Å². The molecule has 1 atom stereocenters. The molecule has 0 amide bonds. The highest BCUT2D eigenvalue weighted by atomic mass is 15.3. The van der Waals surface area contributed by atoms with E-state index in [1.54, 1.807) is 6.34 Å². The Labute approximate surface area is 72.4 Å². The maximum atomic E-state index is 4.33. The molecule has 0 spiro atoms. The zero-order valence-electron chi connectivity index (χ0n) is 7.11. The van der Waals surface area contributed by atoms with Crippen molar-refractivity contribution in [2.45, 2.75) is 12.6 Å². The third-order valence-electron chi connectivity index (χ3n) is 2.30. The molecule has 2 rings (SSSR count). The second-order valence-corrected chi connectivity index (χ2v) is 3.10. The zero-order valence-corrected chi connectivity index (χ0v) is 7.11. The van der Waals surface area contributed by atoms with Gasteiger partial charge in [-0.1, -0.05) is 0 Å². The lowest BCUT2D eigenvalue weighted by molar-refractivity contribution is 0.182. The van der Waals surface area contributed by atoms with E-state index < -0.39 is 0 Å². The van der Waals surface area contributed by atoms with Gasteiger partial charge < -0.3 is 5.32 Å². The fraction of sp³-hybridized carbons (Fsp3) is 0.750. The maximum absolute atomic E-state index is 4.33. The van der Waals surface area contributed by atoms with Crippen LogP contribution in [-0.4, -0.2) is 49.8 Å². The van der Waals surface area contributed by atoms with E-state index in [-0.39, 0.29) is 0 Å². The summed E-state index contributed by atoms with van der Waals surface area (Å²) in [5, 5.41) is 3.33. The number of nitrogens with zero attached hydrogens (tertiary/aromatic N) is 3. The van der Waals surface area contributed by atoms with E-state index in [4.69, 9.17) is 0 Å². The van der Waals surface area contributed by atoms with Crippen molar-refractivity contribution < 1.29 is 0 Å². The summed E-state index contributed by atoms with van der Waals surface area (Å²) in [6.07, 6.45) is 4.93. The summed E-state index contributed by atoms with van der Waals surface area (Å²) in [5.74, 6) is 0. The minimum atomic E-state index is 0.351. The monoisotopic (exact) mass is 166 g/mol. The normalized spacial score (nSPS) is 30.8. The molecule has 0 saturated carbocycles. The van der Waals surface area contributed by atoms with Crippen LogP contribution in [0.15, 0.2) is 9.98 Å². The van der Waals surface area contributed by atoms with Gasteiger partial charge in [-0.2, -0.15) is 0 Å². The number of piperazine rings is 1. The number of nitrogens with one attached hydrogen (secondary N) is 1. The molecule has 0 aliphatic carbocycles. The van der Waals surface area contributed by atoms with Crippen LogP contribution in [-0.2, 0) is 0 Å². The van der Waals surface area contributed by atoms with Crippen molar-refractivity contribution in [3.8, 4) is 0 Å². The van der Waals surface area contributed by atoms with Gasteiger partial charge in [0.25, 0.3) is 0 Å². The molecule has 0 aromatic heterocycles. The van der Waals surface area contributed by atoms with Gasteiger partial charge in [0.05, 0.1) is 0 Å². The molecule has 0 radical (unpaired) electrons. The van der Waals surface area contributed by atoms with Crippen LogP contribution in [0, 0.1) is 0 Å². The summed E-state index contributed by atoms with van der Waals surface area (Å²) in [4.78, 5) is 10.7. The molecule has 0 aromatic rings. The Bertz CT molecular complexity index is 193. The van der Waals surface area contributed by atoms with Gasteiger partial charge in [-0.05, 0) is 0 Å². The van der Waals surface area contributed by atoms with Crippen LogP contribution in [0.25, 0.3) is 0 Å². The molecule has 0 aromatic carbocycles. The Morgan fingerprint density at radius 2 is 2.17 bits per heavy atom. The van der Waals surface area contributed by atoms with Gasteiger partial charge in [0.15, 0.2) is 0 Å². The van der Waals surface area contributed by atoms with Crippen LogP contribution in [0.2, 0.25) is 0 Å². The number of aliphatic imine (C=N–C) groups is 2. The van der Waals surface area contributed by atoms with E-state index in [1.807, 2.05) is 6.21 Å². The lowest BCUT2D eigenvalue weighted by atomic mass is 10.2. The number of hydrogen-bond donors (Lipinski definition) is 1. The molecule has 0 bridgehead atoms. The van der Waals surface area contributed by atoms with Crippen LogP contribution < -0.4 is 5.32 Å². The molecule has 1 N–H and O–H groups in total. The van der Waals surface area contributed by atoms with Gasteiger partial charge in [0.2, 0.25) is 0 Å². The largest absolute Gasteiger partial charge is 0.314 e. The highest BCUT2D eigenvalue weighted by Gasteiger charge is 2.18. The Kier molecular flexibility index (Phi) is 2.48. The molecule has 2 aliphatic heterocycles. The predicted octanol–water partition coefficient (Wildman–Crippen LogP) is -0.279. The van der Waals surface area contributed by atoms with E-state index in [0.717, 1.165) is 32.6 Å². The Hall–Kier alpha value is -0.740. The molecular weight excluding hydrogens is 152 g/mol. The van der Waals surface area contributed by atoms with E-state index in [2.05, 4.69) is 20.2 Å². The fourth-order valence-corrected chi connectivity index (χ4v) is 1.60. The fourth-order valence-electron chi connectivity index (χ4n) is 1.60. The zero-order chi connectivity index (χ0) is 8.23. The summed E-state index contributed by atoms with van der Waals surface area (Å²) in [7, 11) is 0. The molecule has 1 fully saturated rings.